The summed E-state index contributed by atoms with van der Waals surface area (Å²) >= 11 is 0. The molecule has 1 aromatic rings. The second kappa shape index (κ2) is 6.27. The molecule has 4 nitrogen and oxygen atoms in total. The number of nitrogens with one attached hydrogen (secondary N) is 1. The van der Waals surface area contributed by atoms with Crippen molar-refractivity contribution in [2.45, 2.75) is 32.6 Å². The van der Waals surface area contributed by atoms with E-state index in [-0.39, 0.29) is 11.5 Å². The fourth-order valence-electron chi connectivity index (χ4n) is 2.22. The maximum atomic E-state index is 12.1. The first-order valence-electron chi connectivity index (χ1n) is 7.25. The van der Waals surface area contributed by atoms with Gasteiger partial charge in [0.1, 0.15) is 5.75 Å². The Kier molecular flexibility index (Phi) is 4.65. The lowest BCUT2D eigenvalue weighted by molar-refractivity contribution is 0.155. The van der Waals surface area contributed by atoms with Gasteiger partial charge in [-0.25, -0.2) is 4.79 Å². The molecule has 1 aliphatic rings. The van der Waals surface area contributed by atoms with Crippen molar-refractivity contribution in [3.05, 3.63) is 29.8 Å². The molecule has 1 aromatic carbocycles. The lowest BCUT2D eigenvalue weighted by atomic mass is 9.87. The van der Waals surface area contributed by atoms with E-state index in [1.165, 1.54) is 5.56 Å². The summed E-state index contributed by atoms with van der Waals surface area (Å²) < 4.78 is 5.44. The van der Waals surface area contributed by atoms with E-state index in [0.717, 1.165) is 26.1 Å². The van der Waals surface area contributed by atoms with Crippen LogP contribution in [0.2, 0.25) is 0 Å². The standard InChI is InChI=1S/C16H24N2O2/c1-16(2,3)13-5-7-14(8-6-13)20-15(19)18-11-4-9-17-10-12-18/h5-8,17H,4,9-12H2,1-3H3. The van der Waals surface area contributed by atoms with Crippen molar-refractivity contribution in [2.24, 2.45) is 0 Å². The summed E-state index contributed by atoms with van der Waals surface area (Å²) in [6.07, 6.45) is 0.718. The number of nitrogens with zero attached hydrogens (tertiary/aromatic N) is 1. The monoisotopic (exact) mass is 276 g/mol. The third-order valence-corrected chi connectivity index (χ3v) is 3.52. The molecule has 0 bridgehead atoms. The Morgan fingerprint density at radius 2 is 1.85 bits per heavy atom. The van der Waals surface area contributed by atoms with Gasteiger partial charge in [0.25, 0.3) is 0 Å². The van der Waals surface area contributed by atoms with Gasteiger partial charge in [0, 0.05) is 19.6 Å². The first kappa shape index (κ1) is 14.9. The first-order valence-corrected chi connectivity index (χ1v) is 7.25. The van der Waals surface area contributed by atoms with Crippen molar-refractivity contribution in [2.75, 3.05) is 26.2 Å². The molecule has 1 fully saturated rings. The summed E-state index contributed by atoms with van der Waals surface area (Å²) in [5, 5.41) is 3.27. The number of ether oxygens (including phenoxy) is 1. The first-order chi connectivity index (χ1) is 9.47. The SMILES string of the molecule is CC(C)(C)c1ccc(OC(=O)N2CCCNCC2)cc1. The van der Waals surface area contributed by atoms with Crippen LogP contribution in [-0.4, -0.2) is 37.2 Å². The van der Waals surface area contributed by atoms with Crippen LogP contribution < -0.4 is 10.1 Å². The van der Waals surface area contributed by atoms with Crippen LogP contribution in [-0.2, 0) is 5.41 Å². The molecule has 1 aliphatic heterocycles. The Morgan fingerprint density at radius 1 is 1.15 bits per heavy atom. The van der Waals surface area contributed by atoms with E-state index in [0.29, 0.717) is 12.3 Å². The number of benzene rings is 1. The van der Waals surface area contributed by atoms with E-state index >= 15 is 0 Å². The van der Waals surface area contributed by atoms with Gasteiger partial charge >= 0.3 is 6.09 Å². The van der Waals surface area contributed by atoms with Crippen LogP contribution in [0.3, 0.4) is 0 Å². The second-order valence-electron chi connectivity index (χ2n) is 6.23. The third-order valence-electron chi connectivity index (χ3n) is 3.52. The Morgan fingerprint density at radius 3 is 2.50 bits per heavy atom. The van der Waals surface area contributed by atoms with Crippen molar-refractivity contribution >= 4 is 6.09 Å². The Labute approximate surface area is 121 Å². The van der Waals surface area contributed by atoms with Crippen LogP contribution >= 0.6 is 0 Å². The highest BCUT2D eigenvalue weighted by Crippen LogP contribution is 2.24. The highest BCUT2D eigenvalue weighted by Gasteiger charge is 2.18. The summed E-state index contributed by atoms with van der Waals surface area (Å²) in [4.78, 5) is 13.8. The summed E-state index contributed by atoms with van der Waals surface area (Å²) in [5.74, 6) is 0.611. The molecule has 0 aromatic heterocycles. The lowest BCUT2D eigenvalue weighted by Crippen LogP contribution is -2.36. The average Bonchev–Trinajstić information content (AvgIpc) is 2.67. The maximum Gasteiger partial charge on any atom is 0.415 e. The molecule has 0 atom stereocenters. The fraction of sp³-hybridized carbons (Fsp3) is 0.562. The molecule has 0 spiro atoms. The number of amides is 1. The van der Waals surface area contributed by atoms with E-state index in [2.05, 4.69) is 26.1 Å². The number of rotatable bonds is 1. The van der Waals surface area contributed by atoms with Crippen LogP contribution in [0, 0.1) is 0 Å². The predicted molar refractivity (Wildman–Crippen MR) is 80.2 cm³/mol. The van der Waals surface area contributed by atoms with E-state index < -0.39 is 0 Å². The van der Waals surface area contributed by atoms with Crippen molar-refractivity contribution in [1.82, 2.24) is 10.2 Å². The largest absolute Gasteiger partial charge is 0.415 e. The molecule has 2 rings (SSSR count). The molecule has 0 unspecified atom stereocenters. The van der Waals surface area contributed by atoms with Gasteiger partial charge in [0.2, 0.25) is 0 Å². The number of hydrogen-bond donors (Lipinski definition) is 1. The molecule has 0 aliphatic carbocycles. The third kappa shape index (κ3) is 3.97. The number of hydrogen-bond acceptors (Lipinski definition) is 3. The average molecular weight is 276 g/mol. The molecule has 0 radical (unpaired) electrons. The van der Waals surface area contributed by atoms with Gasteiger partial charge < -0.3 is 15.0 Å². The zero-order chi connectivity index (χ0) is 14.6. The summed E-state index contributed by atoms with van der Waals surface area (Å²) in [6.45, 7) is 9.75. The summed E-state index contributed by atoms with van der Waals surface area (Å²) in [5.41, 5.74) is 1.34. The Hall–Kier alpha value is -1.55. The molecule has 1 amide bonds. The molecular formula is C16H24N2O2. The molecular weight excluding hydrogens is 252 g/mol. The number of carbonyl (C=O) groups is 1. The highest BCUT2D eigenvalue weighted by atomic mass is 16.6. The molecule has 1 heterocycles. The van der Waals surface area contributed by atoms with Gasteiger partial charge in [0.15, 0.2) is 0 Å². The normalized spacial score (nSPS) is 16.6. The minimum atomic E-state index is -0.253. The van der Waals surface area contributed by atoms with Crippen LogP contribution in [0.1, 0.15) is 32.8 Å². The van der Waals surface area contributed by atoms with Crippen LogP contribution in [0.15, 0.2) is 24.3 Å². The lowest BCUT2D eigenvalue weighted by Gasteiger charge is -2.21. The van der Waals surface area contributed by atoms with E-state index in [4.69, 9.17) is 4.74 Å². The van der Waals surface area contributed by atoms with Crippen LogP contribution in [0.25, 0.3) is 0 Å². The van der Waals surface area contributed by atoms with Gasteiger partial charge in [-0.1, -0.05) is 32.9 Å². The molecule has 0 saturated carbocycles. The van der Waals surface area contributed by atoms with Gasteiger partial charge in [-0.05, 0) is 36.1 Å². The van der Waals surface area contributed by atoms with Crippen molar-refractivity contribution in [3.8, 4) is 5.75 Å². The van der Waals surface area contributed by atoms with E-state index in [1.54, 1.807) is 4.90 Å². The molecule has 1 saturated heterocycles. The molecule has 110 valence electrons. The molecule has 4 heteroatoms. The Bertz CT molecular complexity index is 441. The van der Waals surface area contributed by atoms with Crippen molar-refractivity contribution < 1.29 is 9.53 Å². The fourth-order valence-corrected chi connectivity index (χ4v) is 2.22. The maximum absolute atomic E-state index is 12.1. The van der Waals surface area contributed by atoms with Gasteiger partial charge in [-0.15, -0.1) is 0 Å². The van der Waals surface area contributed by atoms with Crippen LogP contribution in [0.5, 0.6) is 5.75 Å². The predicted octanol–water partition coefficient (Wildman–Crippen LogP) is 2.78. The molecule has 1 N–H and O–H groups in total. The Balaban J connectivity index is 1.97. The van der Waals surface area contributed by atoms with Crippen molar-refractivity contribution in [1.29, 1.82) is 0 Å². The van der Waals surface area contributed by atoms with Crippen molar-refractivity contribution in [3.63, 3.8) is 0 Å². The van der Waals surface area contributed by atoms with E-state index in [1.807, 2.05) is 24.3 Å². The zero-order valence-corrected chi connectivity index (χ0v) is 12.6. The second-order valence-corrected chi connectivity index (χ2v) is 6.23. The molecule has 20 heavy (non-hydrogen) atoms. The van der Waals surface area contributed by atoms with Gasteiger partial charge in [-0.2, -0.15) is 0 Å². The minimum Gasteiger partial charge on any atom is -0.410 e. The zero-order valence-electron chi connectivity index (χ0n) is 12.6. The summed E-state index contributed by atoms with van der Waals surface area (Å²) in [6, 6.07) is 7.78. The number of carbonyl (C=O) groups excluding carboxylic acids is 1. The summed E-state index contributed by atoms with van der Waals surface area (Å²) in [7, 11) is 0. The van der Waals surface area contributed by atoms with Gasteiger partial charge in [0.05, 0.1) is 0 Å². The van der Waals surface area contributed by atoms with Crippen LogP contribution in [0.4, 0.5) is 4.79 Å². The van der Waals surface area contributed by atoms with E-state index in [9.17, 15) is 4.79 Å². The topological polar surface area (TPSA) is 41.6 Å². The smallest absolute Gasteiger partial charge is 0.410 e. The minimum absolute atomic E-state index is 0.110. The quantitative estimate of drug-likeness (QED) is 0.857. The highest BCUT2D eigenvalue weighted by molar-refractivity contribution is 5.70. The van der Waals surface area contributed by atoms with Gasteiger partial charge in [-0.3, -0.25) is 0 Å².